The summed E-state index contributed by atoms with van der Waals surface area (Å²) >= 11 is 0. The van der Waals surface area contributed by atoms with Crippen molar-refractivity contribution in [1.82, 2.24) is 14.5 Å². The molecule has 0 atom stereocenters. The minimum Gasteiger partial charge on any atom is -0.461 e. The summed E-state index contributed by atoms with van der Waals surface area (Å²) < 4.78 is 7.17. The summed E-state index contributed by atoms with van der Waals surface area (Å²) in [5.74, 6) is -0.555. The fourth-order valence-corrected chi connectivity index (χ4v) is 3.79. The number of esters is 1. The number of carbonyl (C=O) groups is 1. The molecule has 0 aliphatic heterocycles. The fraction of sp³-hybridized carbons (Fsp3) is 0.174. The molecule has 8 heteroatoms. The van der Waals surface area contributed by atoms with Gasteiger partial charge in [0.2, 0.25) is 0 Å². The number of anilines is 1. The first-order chi connectivity index (χ1) is 14.9. The molecule has 0 amide bonds. The number of hydrogen-bond acceptors (Lipinski definition) is 5. The van der Waals surface area contributed by atoms with Crippen LogP contribution < -0.4 is 17.0 Å². The Hall–Kier alpha value is -4.07. The van der Waals surface area contributed by atoms with Crippen molar-refractivity contribution in [1.29, 1.82) is 0 Å². The summed E-state index contributed by atoms with van der Waals surface area (Å²) in [4.78, 5) is 42.1. The molecule has 0 fully saturated rings. The van der Waals surface area contributed by atoms with Crippen LogP contribution in [0.5, 0.6) is 0 Å². The molecule has 2 heterocycles. The Morgan fingerprint density at radius 2 is 1.97 bits per heavy atom. The zero-order chi connectivity index (χ0) is 22.1. The molecular weight excluding hydrogens is 396 g/mol. The Kier molecular flexibility index (Phi) is 5.21. The molecule has 4 N–H and O–H groups in total. The average Bonchev–Trinajstić information content (AvgIpc) is 3.01. The molecular formula is C23H22N4O4. The summed E-state index contributed by atoms with van der Waals surface area (Å²) in [6.07, 6.45) is 1.33. The number of nitrogen functional groups attached to an aromatic ring is 1. The Labute approximate surface area is 177 Å². The Balaban J connectivity index is 2.08. The molecule has 0 aliphatic carbocycles. The zero-order valence-corrected chi connectivity index (χ0v) is 17.2. The lowest BCUT2D eigenvalue weighted by Gasteiger charge is -2.12. The minimum atomic E-state index is -0.619. The molecule has 158 valence electrons. The highest BCUT2D eigenvalue weighted by Gasteiger charge is 2.27. The molecule has 0 saturated carbocycles. The van der Waals surface area contributed by atoms with Crippen molar-refractivity contribution in [2.75, 3.05) is 12.3 Å². The largest absolute Gasteiger partial charge is 0.461 e. The minimum absolute atomic E-state index is 0.180. The van der Waals surface area contributed by atoms with Gasteiger partial charge in [0, 0.05) is 34.9 Å². The van der Waals surface area contributed by atoms with E-state index < -0.39 is 17.2 Å². The lowest BCUT2D eigenvalue weighted by molar-refractivity contribution is 0.0516. The zero-order valence-electron chi connectivity index (χ0n) is 17.2. The number of hydrogen-bond donors (Lipinski definition) is 3. The maximum Gasteiger partial charge on any atom is 0.355 e. The molecule has 4 rings (SSSR count). The van der Waals surface area contributed by atoms with Crippen molar-refractivity contribution in [2.45, 2.75) is 20.4 Å². The molecule has 0 bridgehead atoms. The van der Waals surface area contributed by atoms with E-state index in [1.54, 1.807) is 13.0 Å². The van der Waals surface area contributed by atoms with Crippen LogP contribution >= 0.6 is 0 Å². The number of ether oxygens (including phenoxy) is 1. The molecule has 4 aromatic rings. The monoisotopic (exact) mass is 418 g/mol. The van der Waals surface area contributed by atoms with E-state index in [-0.39, 0.29) is 17.9 Å². The van der Waals surface area contributed by atoms with Gasteiger partial charge in [-0.05, 0) is 43.7 Å². The van der Waals surface area contributed by atoms with Gasteiger partial charge >= 0.3 is 11.7 Å². The van der Waals surface area contributed by atoms with Crippen LogP contribution in [-0.2, 0) is 11.3 Å². The van der Waals surface area contributed by atoms with E-state index in [2.05, 4.69) is 9.97 Å². The van der Waals surface area contributed by atoms with Crippen LogP contribution in [0.1, 0.15) is 28.5 Å². The van der Waals surface area contributed by atoms with E-state index in [0.717, 1.165) is 16.6 Å². The van der Waals surface area contributed by atoms with Crippen molar-refractivity contribution < 1.29 is 9.53 Å². The highest BCUT2D eigenvalue weighted by molar-refractivity contribution is 6.08. The fourth-order valence-electron chi connectivity index (χ4n) is 3.79. The molecule has 8 nitrogen and oxygen atoms in total. The summed E-state index contributed by atoms with van der Waals surface area (Å²) in [5, 5.41) is 0.713. The van der Waals surface area contributed by atoms with E-state index in [4.69, 9.17) is 10.5 Å². The van der Waals surface area contributed by atoms with Gasteiger partial charge in [0.25, 0.3) is 5.56 Å². The Morgan fingerprint density at radius 1 is 1.16 bits per heavy atom. The van der Waals surface area contributed by atoms with Gasteiger partial charge in [0.15, 0.2) is 0 Å². The number of aromatic amines is 2. The van der Waals surface area contributed by atoms with Gasteiger partial charge in [-0.1, -0.05) is 23.8 Å². The number of carbonyl (C=O) groups excluding carboxylic acids is 1. The molecule has 2 aromatic heterocycles. The van der Waals surface area contributed by atoms with Crippen LogP contribution in [0.25, 0.3) is 22.0 Å². The van der Waals surface area contributed by atoms with Crippen molar-refractivity contribution in [2.24, 2.45) is 0 Å². The SMILES string of the molecule is CCOC(=O)c1c(-c2c[nH]c(=O)[nH]c2=O)c2cc(C)ccc2n1Cc1cccc(N)c1. The van der Waals surface area contributed by atoms with E-state index in [9.17, 15) is 14.4 Å². The molecule has 0 radical (unpaired) electrons. The van der Waals surface area contributed by atoms with Gasteiger partial charge in [0.1, 0.15) is 5.69 Å². The predicted octanol–water partition coefficient (Wildman–Crippen LogP) is 2.80. The van der Waals surface area contributed by atoms with E-state index >= 15 is 0 Å². The van der Waals surface area contributed by atoms with Crippen LogP contribution in [0.2, 0.25) is 0 Å². The Morgan fingerprint density at radius 3 is 2.68 bits per heavy atom. The lowest BCUT2D eigenvalue weighted by Crippen LogP contribution is -2.23. The number of rotatable bonds is 5. The highest BCUT2D eigenvalue weighted by Crippen LogP contribution is 2.35. The molecule has 0 aliphatic rings. The van der Waals surface area contributed by atoms with Crippen molar-refractivity contribution >= 4 is 22.6 Å². The van der Waals surface area contributed by atoms with Crippen LogP contribution in [0.4, 0.5) is 5.69 Å². The topological polar surface area (TPSA) is 123 Å². The van der Waals surface area contributed by atoms with Crippen LogP contribution in [0.15, 0.2) is 58.3 Å². The number of nitrogens with one attached hydrogen (secondary N) is 2. The highest BCUT2D eigenvalue weighted by atomic mass is 16.5. The quantitative estimate of drug-likeness (QED) is 0.340. The molecule has 0 saturated heterocycles. The number of aryl methyl sites for hydroxylation is 1. The van der Waals surface area contributed by atoms with E-state index in [1.165, 1.54) is 6.20 Å². The van der Waals surface area contributed by atoms with Gasteiger partial charge < -0.3 is 20.0 Å². The number of H-pyrrole nitrogens is 2. The van der Waals surface area contributed by atoms with Gasteiger partial charge in [-0.25, -0.2) is 9.59 Å². The van der Waals surface area contributed by atoms with Crippen LogP contribution in [-0.4, -0.2) is 27.1 Å². The number of aromatic nitrogens is 3. The van der Waals surface area contributed by atoms with Crippen molar-refractivity contribution in [3.63, 3.8) is 0 Å². The van der Waals surface area contributed by atoms with Gasteiger partial charge in [-0.2, -0.15) is 0 Å². The standard InChI is InChI=1S/C23H22N4O4/c1-3-31-22(29)20-19(17-11-25-23(30)26-21(17)28)16-9-13(2)7-8-18(16)27(20)12-14-5-4-6-15(24)10-14/h4-11H,3,12,24H2,1-2H3,(H2,25,26,28,30). The summed E-state index contributed by atoms with van der Waals surface area (Å²) in [5.41, 5.74) is 8.80. The first-order valence-corrected chi connectivity index (χ1v) is 9.85. The third kappa shape index (κ3) is 3.75. The van der Waals surface area contributed by atoms with Crippen LogP contribution in [0, 0.1) is 6.92 Å². The van der Waals surface area contributed by atoms with Gasteiger partial charge in [0.05, 0.1) is 12.2 Å². The van der Waals surface area contributed by atoms with Gasteiger partial charge in [-0.15, -0.1) is 0 Å². The first-order valence-electron chi connectivity index (χ1n) is 9.85. The second kappa shape index (κ2) is 7.98. The second-order valence-corrected chi connectivity index (χ2v) is 7.28. The van der Waals surface area contributed by atoms with E-state index in [1.807, 2.05) is 47.9 Å². The Bertz CT molecular complexity index is 1410. The lowest BCUT2D eigenvalue weighted by atomic mass is 10.0. The average molecular weight is 418 g/mol. The first kappa shape index (κ1) is 20.2. The third-order valence-corrected chi connectivity index (χ3v) is 5.07. The predicted molar refractivity (Wildman–Crippen MR) is 119 cm³/mol. The van der Waals surface area contributed by atoms with Crippen LogP contribution in [0.3, 0.4) is 0 Å². The number of fused-ring (bicyclic) bond motifs is 1. The number of nitrogens with two attached hydrogens (primary N) is 1. The maximum absolute atomic E-state index is 13.1. The smallest absolute Gasteiger partial charge is 0.355 e. The molecule has 0 unspecified atom stereocenters. The maximum atomic E-state index is 13.1. The molecule has 0 spiro atoms. The van der Waals surface area contributed by atoms with Crippen molar-refractivity contribution in [3.05, 3.63) is 86.3 Å². The number of nitrogens with zero attached hydrogens (tertiary/aromatic N) is 1. The summed E-state index contributed by atoms with van der Waals surface area (Å²) in [6, 6.07) is 13.1. The van der Waals surface area contributed by atoms with E-state index in [0.29, 0.717) is 23.2 Å². The molecule has 2 aromatic carbocycles. The number of benzene rings is 2. The van der Waals surface area contributed by atoms with Gasteiger partial charge in [-0.3, -0.25) is 9.78 Å². The molecule has 31 heavy (non-hydrogen) atoms. The second-order valence-electron chi connectivity index (χ2n) is 7.28. The third-order valence-electron chi connectivity index (χ3n) is 5.07. The normalized spacial score (nSPS) is 11.0. The summed E-state index contributed by atoms with van der Waals surface area (Å²) in [7, 11) is 0. The summed E-state index contributed by atoms with van der Waals surface area (Å²) in [6.45, 7) is 4.18. The van der Waals surface area contributed by atoms with Crippen molar-refractivity contribution in [3.8, 4) is 11.1 Å².